The maximum atomic E-state index is 4.01. The quantitative estimate of drug-likeness (QED) is 0.459. The van der Waals surface area contributed by atoms with Gasteiger partial charge in [-0.15, -0.1) is 11.7 Å². The first-order valence-electron chi connectivity index (χ1n) is 2.53. The summed E-state index contributed by atoms with van der Waals surface area (Å²) >= 11 is 4.01. The van der Waals surface area contributed by atoms with Crippen LogP contribution in [0.1, 0.15) is 20.3 Å². The van der Waals surface area contributed by atoms with E-state index in [1.807, 2.05) is 0 Å². The van der Waals surface area contributed by atoms with Crippen LogP contribution >= 0.6 is 22.5 Å². The lowest BCUT2D eigenvalue weighted by Crippen LogP contribution is -1.86. The van der Waals surface area contributed by atoms with Crippen LogP contribution in [0.4, 0.5) is 0 Å². The molecule has 44 valence electrons. The number of rotatable bonds is 3. The molecule has 0 aliphatic rings. The fourth-order valence-electron chi connectivity index (χ4n) is 0.288. The molecule has 0 aromatic carbocycles. The topological polar surface area (TPSA) is 0 Å². The van der Waals surface area contributed by atoms with E-state index in [1.165, 1.54) is 12.2 Å². The minimum atomic E-state index is 0.833. The second-order valence-electron chi connectivity index (χ2n) is 2.02. The molecule has 0 nitrogen and oxygen atoms in total. The summed E-state index contributed by atoms with van der Waals surface area (Å²) in [7, 11) is 1.62. The van der Waals surface area contributed by atoms with Crippen molar-refractivity contribution in [3.8, 4) is 0 Å². The lowest BCUT2D eigenvalue weighted by Gasteiger charge is -1.98. The van der Waals surface area contributed by atoms with Crippen molar-refractivity contribution in [2.75, 3.05) is 5.75 Å². The Bertz CT molecular complexity index is 35.1. The van der Waals surface area contributed by atoms with Crippen LogP contribution in [0.3, 0.4) is 0 Å². The fourth-order valence-corrected chi connectivity index (χ4v) is 1.18. The third kappa shape index (κ3) is 6.70. The monoisotopic (exact) mass is 136 g/mol. The molecule has 0 heterocycles. The second kappa shape index (κ2) is 4.85. The molecular weight excluding hydrogens is 124 g/mol. The molecule has 0 aliphatic heterocycles. The minimum absolute atomic E-state index is 0.833. The highest BCUT2D eigenvalue weighted by molar-refractivity contribution is 8.68. The van der Waals surface area contributed by atoms with Gasteiger partial charge in [0.05, 0.1) is 0 Å². The zero-order chi connectivity index (χ0) is 5.70. The lowest BCUT2D eigenvalue weighted by atomic mass is 10.2. The SMILES string of the molecule is CC(C)CCSS. The molecular formula is C5H12S2. The van der Waals surface area contributed by atoms with E-state index in [9.17, 15) is 0 Å². The predicted octanol–water partition coefficient (Wildman–Crippen LogP) is 2.61. The average Bonchev–Trinajstić information content (AvgIpc) is 1.61. The third-order valence-electron chi connectivity index (χ3n) is 0.786. The Kier molecular flexibility index (Phi) is 5.33. The summed E-state index contributed by atoms with van der Waals surface area (Å²) in [6.07, 6.45) is 1.29. The van der Waals surface area contributed by atoms with Crippen molar-refractivity contribution in [2.45, 2.75) is 20.3 Å². The number of thiol groups is 1. The van der Waals surface area contributed by atoms with Crippen molar-refractivity contribution < 1.29 is 0 Å². The van der Waals surface area contributed by atoms with E-state index in [1.54, 1.807) is 10.8 Å². The maximum Gasteiger partial charge on any atom is 0.00369 e. The minimum Gasteiger partial charge on any atom is -0.111 e. The van der Waals surface area contributed by atoms with Gasteiger partial charge < -0.3 is 0 Å². The van der Waals surface area contributed by atoms with Crippen LogP contribution in [0.5, 0.6) is 0 Å². The normalized spacial score (nSPS) is 10.3. The molecule has 0 unspecified atom stereocenters. The van der Waals surface area contributed by atoms with Gasteiger partial charge in [-0.05, 0) is 12.3 Å². The van der Waals surface area contributed by atoms with Crippen molar-refractivity contribution >= 4 is 22.5 Å². The van der Waals surface area contributed by atoms with Crippen LogP contribution in [-0.2, 0) is 0 Å². The highest BCUT2D eigenvalue weighted by atomic mass is 33.1. The molecule has 0 radical (unpaired) electrons. The summed E-state index contributed by atoms with van der Waals surface area (Å²) in [5, 5.41) is 0. The van der Waals surface area contributed by atoms with Crippen LogP contribution in [0.2, 0.25) is 0 Å². The number of hydrogen-bond donors (Lipinski definition) is 1. The van der Waals surface area contributed by atoms with Gasteiger partial charge in [0.25, 0.3) is 0 Å². The van der Waals surface area contributed by atoms with E-state index in [-0.39, 0.29) is 0 Å². The van der Waals surface area contributed by atoms with Crippen molar-refractivity contribution in [3.05, 3.63) is 0 Å². The van der Waals surface area contributed by atoms with Crippen LogP contribution in [0.25, 0.3) is 0 Å². The molecule has 0 saturated heterocycles. The van der Waals surface area contributed by atoms with Gasteiger partial charge in [0.2, 0.25) is 0 Å². The molecule has 0 bridgehead atoms. The van der Waals surface area contributed by atoms with Crippen LogP contribution in [0.15, 0.2) is 0 Å². The van der Waals surface area contributed by atoms with Crippen molar-refractivity contribution in [2.24, 2.45) is 5.92 Å². The molecule has 0 aromatic heterocycles. The summed E-state index contributed by atoms with van der Waals surface area (Å²) < 4.78 is 0. The van der Waals surface area contributed by atoms with Gasteiger partial charge in [-0.2, -0.15) is 0 Å². The van der Waals surface area contributed by atoms with Gasteiger partial charge in [-0.25, -0.2) is 0 Å². The summed E-state index contributed by atoms with van der Waals surface area (Å²) in [4.78, 5) is 0. The summed E-state index contributed by atoms with van der Waals surface area (Å²) in [6.45, 7) is 4.45. The maximum absolute atomic E-state index is 4.01. The summed E-state index contributed by atoms with van der Waals surface area (Å²) in [5.74, 6) is 2.01. The Labute approximate surface area is 54.9 Å². The average molecular weight is 136 g/mol. The Hall–Kier alpha value is 0.700. The second-order valence-corrected chi connectivity index (χ2v) is 3.46. The van der Waals surface area contributed by atoms with Gasteiger partial charge in [0, 0.05) is 5.75 Å². The molecule has 0 saturated carbocycles. The first-order chi connectivity index (χ1) is 3.27. The molecule has 0 rings (SSSR count). The molecule has 0 aromatic rings. The van der Waals surface area contributed by atoms with Gasteiger partial charge >= 0.3 is 0 Å². The zero-order valence-electron chi connectivity index (χ0n) is 4.85. The van der Waals surface area contributed by atoms with Crippen LogP contribution in [0, 0.1) is 5.92 Å². The highest BCUT2D eigenvalue weighted by Gasteiger charge is 1.89. The molecule has 0 atom stereocenters. The molecule has 0 aliphatic carbocycles. The van der Waals surface area contributed by atoms with Crippen molar-refractivity contribution in [1.29, 1.82) is 0 Å². The van der Waals surface area contributed by atoms with Crippen LogP contribution < -0.4 is 0 Å². The largest absolute Gasteiger partial charge is 0.111 e. The van der Waals surface area contributed by atoms with E-state index in [2.05, 4.69) is 25.5 Å². The Morgan fingerprint density at radius 3 is 2.29 bits per heavy atom. The van der Waals surface area contributed by atoms with E-state index >= 15 is 0 Å². The Balaban J connectivity index is 2.68. The molecule has 0 amide bonds. The fraction of sp³-hybridized carbons (Fsp3) is 1.00. The van der Waals surface area contributed by atoms with Crippen LogP contribution in [-0.4, -0.2) is 5.75 Å². The standard InChI is InChI=1S/C5H12S2/c1-5(2)3-4-7-6/h5-6H,3-4H2,1-2H3. The molecule has 7 heavy (non-hydrogen) atoms. The Morgan fingerprint density at radius 1 is 1.57 bits per heavy atom. The van der Waals surface area contributed by atoms with Gasteiger partial charge in [0.15, 0.2) is 0 Å². The first kappa shape index (κ1) is 7.70. The molecule has 0 fully saturated rings. The smallest absolute Gasteiger partial charge is 0.00369 e. The summed E-state index contributed by atoms with van der Waals surface area (Å²) in [5.41, 5.74) is 0. The first-order valence-corrected chi connectivity index (χ1v) is 4.57. The zero-order valence-corrected chi connectivity index (χ0v) is 6.56. The van der Waals surface area contributed by atoms with E-state index in [0.29, 0.717) is 0 Å². The van der Waals surface area contributed by atoms with E-state index < -0.39 is 0 Å². The lowest BCUT2D eigenvalue weighted by molar-refractivity contribution is 0.633. The van der Waals surface area contributed by atoms with Crippen molar-refractivity contribution in [3.63, 3.8) is 0 Å². The van der Waals surface area contributed by atoms with Gasteiger partial charge in [0.1, 0.15) is 0 Å². The van der Waals surface area contributed by atoms with E-state index in [4.69, 9.17) is 0 Å². The van der Waals surface area contributed by atoms with Gasteiger partial charge in [-0.1, -0.05) is 24.6 Å². The molecule has 2 heteroatoms. The van der Waals surface area contributed by atoms with Crippen molar-refractivity contribution in [1.82, 2.24) is 0 Å². The third-order valence-corrected chi connectivity index (χ3v) is 1.75. The van der Waals surface area contributed by atoms with Gasteiger partial charge in [-0.3, -0.25) is 0 Å². The highest BCUT2D eigenvalue weighted by Crippen LogP contribution is 2.10. The summed E-state index contributed by atoms with van der Waals surface area (Å²) in [6, 6.07) is 0. The number of hydrogen-bond acceptors (Lipinski definition) is 2. The van der Waals surface area contributed by atoms with E-state index in [0.717, 1.165) is 5.92 Å². The predicted molar refractivity (Wildman–Crippen MR) is 40.9 cm³/mol. The Morgan fingerprint density at radius 2 is 2.14 bits per heavy atom. The molecule has 0 spiro atoms. The molecule has 0 N–H and O–H groups in total.